The van der Waals surface area contributed by atoms with Crippen molar-refractivity contribution in [3.05, 3.63) is 17.2 Å². The Hall–Kier alpha value is -1.03. The van der Waals surface area contributed by atoms with Crippen molar-refractivity contribution in [3.8, 4) is 0 Å². The van der Waals surface area contributed by atoms with E-state index >= 15 is 0 Å². The molecule has 0 radical (unpaired) electrons. The zero-order chi connectivity index (χ0) is 9.59. The lowest BCUT2D eigenvalue weighted by Gasteiger charge is -1.99. The molecule has 13 heavy (non-hydrogen) atoms. The van der Waals surface area contributed by atoms with E-state index in [1.54, 1.807) is 10.9 Å². The van der Waals surface area contributed by atoms with Crippen molar-refractivity contribution < 1.29 is 9.90 Å². The predicted molar refractivity (Wildman–Crippen MR) is 46.7 cm³/mol. The average molecular weight is 201 g/mol. The summed E-state index contributed by atoms with van der Waals surface area (Å²) in [5.74, 6) is -0.965. The molecule has 1 aromatic rings. The van der Waals surface area contributed by atoms with Gasteiger partial charge in [-0.15, -0.1) is 0 Å². The molecule has 1 saturated carbocycles. The number of aliphatic carboxylic acids is 1. The maximum absolute atomic E-state index is 10.6. The Labute approximate surface area is 80.1 Å². The van der Waals surface area contributed by atoms with Gasteiger partial charge in [0.1, 0.15) is 0 Å². The first-order valence-corrected chi connectivity index (χ1v) is 4.38. The van der Waals surface area contributed by atoms with Gasteiger partial charge < -0.3 is 9.67 Å². The number of halogens is 1. The molecule has 4 nitrogen and oxygen atoms in total. The van der Waals surface area contributed by atoms with E-state index in [0.29, 0.717) is 11.6 Å². The van der Waals surface area contributed by atoms with Gasteiger partial charge >= 0.3 is 5.97 Å². The molecule has 1 aliphatic rings. The highest BCUT2D eigenvalue weighted by Gasteiger charge is 2.46. The molecule has 5 heteroatoms. The number of aromatic nitrogens is 2. The lowest BCUT2D eigenvalue weighted by Crippen LogP contribution is -2.01. The van der Waals surface area contributed by atoms with Crippen molar-refractivity contribution >= 4 is 17.6 Å². The van der Waals surface area contributed by atoms with Crippen molar-refractivity contribution in [2.45, 2.75) is 12.3 Å². The summed E-state index contributed by atoms with van der Waals surface area (Å²) in [5, 5.41) is 9.16. The molecule has 1 N–H and O–H groups in total. The van der Waals surface area contributed by atoms with Crippen LogP contribution in [0, 0.1) is 5.92 Å². The third-order valence-corrected chi connectivity index (χ3v) is 2.69. The van der Waals surface area contributed by atoms with Crippen LogP contribution in [0.15, 0.2) is 6.33 Å². The standard InChI is InChI=1S/C8H9ClN2O2/c1-11-3-10-7(9)6(11)4-2-5(4)8(12)13/h3-5H,2H2,1H3,(H,12,13). The van der Waals surface area contributed by atoms with Crippen LogP contribution >= 0.6 is 11.6 Å². The van der Waals surface area contributed by atoms with Gasteiger partial charge in [-0.2, -0.15) is 0 Å². The van der Waals surface area contributed by atoms with Crippen molar-refractivity contribution in [1.82, 2.24) is 9.55 Å². The summed E-state index contributed by atoms with van der Waals surface area (Å²) >= 11 is 5.83. The third kappa shape index (κ3) is 1.31. The average Bonchev–Trinajstić information content (AvgIpc) is 2.76. The summed E-state index contributed by atoms with van der Waals surface area (Å²) in [6.45, 7) is 0. The minimum atomic E-state index is -0.748. The first-order valence-electron chi connectivity index (χ1n) is 4.00. The highest BCUT2D eigenvalue weighted by molar-refractivity contribution is 6.30. The normalized spacial score (nSPS) is 26.0. The number of carboxylic acid groups (broad SMARTS) is 1. The van der Waals surface area contributed by atoms with Crippen molar-refractivity contribution in [2.24, 2.45) is 13.0 Å². The zero-order valence-electron chi connectivity index (χ0n) is 7.07. The molecular formula is C8H9ClN2O2. The Bertz CT molecular complexity index is 342. The fourth-order valence-electron chi connectivity index (χ4n) is 1.60. The van der Waals surface area contributed by atoms with Crippen LogP contribution in [0.4, 0.5) is 0 Å². The van der Waals surface area contributed by atoms with E-state index in [0.717, 1.165) is 5.69 Å². The van der Waals surface area contributed by atoms with Crippen molar-refractivity contribution in [2.75, 3.05) is 0 Å². The summed E-state index contributed by atoms with van der Waals surface area (Å²) < 4.78 is 1.79. The molecule has 1 aromatic heterocycles. The minimum Gasteiger partial charge on any atom is -0.481 e. The van der Waals surface area contributed by atoms with E-state index in [2.05, 4.69) is 4.98 Å². The molecule has 0 saturated heterocycles. The second-order valence-corrected chi connectivity index (χ2v) is 3.68. The van der Waals surface area contributed by atoms with E-state index in [4.69, 9.17) is 16.7 Å². The quantitative estimate of drug-likeness (QED) is 0.782. The number of carboxylic acids is 1. The van der Waals surface area contributed by atoms with E-state index in [-0.39, 0.29) is 11.8 Å². The van der Waals surface area contributed by atoms with Crippen molar-refractivity contribution in [1.29, 1.82) is 0 Å². The Balaban J connectivity index is 2.24. The molecule has 2 atom stereocenters. The summed E-state index contributed by atoms with van der Waals surface area (Å²) in [7, 11) is 1.82. The molecule has 1 heterocycles. The van der Waals surface area contributed by atoms with Crippen LogP contribution in [0.3, 0.4) is 0 Å². The van der Waals surface area contributed by atoms with E-state index in [1.807, 2.05) is 7.05 Å². The zero-order valence-corrected chi connectivity index (χ0v) is 7.82. The molecule has 1 aliphatic carbocycles. The fraction of sp³-hybridized carbons (Fsp3) is 0.500. The van der Waals surface area contributed by atoms with E-state index in [1.165, 1.54) is 0 Å². The van der Waals surface area contributed by atoms with Gasteiger partial charge in [-0.3, -0.25) is 4.79 Å². The highest BCUT2D eigenvalue weighted by Crippen LogP contribution is 2.49. The number of hydrogen-bond donors (Lipinski definition) is 1. The highest BCUT2D eigenvalue weighted by atomic mass is 35.5. The number of carbonyl (C=O) groups is 1. The summed E-state index contributed by atoms with van der Waals surface area (Å²) in [5.41, 5.74) is 0.842. The minimum absolute atomic E-state index is 0.0532. The molecule has 2 rings (SSSR count). The topological polar surface area (TPSA) is 55.1 Å². The van der Waals surface area contributed by atoms with Gasteiger partial charge in [-0.1, -0.05) is 11.6 Å². The molecule has 0 bridgehead atoms. The molecule has 0 spiro atoms. The molecular weight excluding hydrogens is 192 g/mol. The van der Waals surface area contributed by atoms with Gasteiger partial charge in [-0.05, 0) is 6.42 Å². The molecule has 70 valence electrons. The van der Waals surface area contributed by atoms with Crippen LogP contribution in [0.5, 0.6) is 0 Å². The van der Waals surface area contributed by atoms with E-state index in [9.17, 15) is 4.79 Å². The molecule has 2 unspecified atom stereocenters. The van der Waals surface area contributed by atoms with Crippen LogP contribution in [-0.4, -0.2) is 20.6 Å². The number of hydrogen-bond acceptors (Lipinski definition) is 2. The Kier molecular flexibility index (Phi) is 1.80. The van der Waals surface area contributed by atoms with Gasteiger partial charge in [0.15, 0.2) is 5.15 Å². The monoisotopic (exact) mass is 200 g/mol. The van der Waals surface area contributed by atoms with Crippen LogP contribution in [0.25, 0.3) is 0 Å². The van der Waals surface area contributed by atoms with Gasteiger partial charge in [-0.25, -0.2) is 4.98 Å². The smallest absolute Gasteiger partial charge is 0.307 e. The first-order chi connectivity index (χ1) is 6.11. The van der Waals surface area contributed by atoms with Crippen molar-refractivity contribution in [3.63, 3.8) is 0 Å². The van der Waals surface area contributed by atoms with Crippen LogP contribution < -0.4 is 0 Å². The first kappa shape index (κ1) is 8.56. The Morgan fingerprint density at radius 1 is 1.85 bits per heavy atom. The second-order valence-electron chi connectivity index (χ2n) is 3.32. The number of nitrogens with zero attached hydrogens (tertiary/aromatic N) is 2. The lowest BCUT2D eigenvalue weighted by atomic mass is 10.2. The van der Waals surface area contributed by atoms with Gasteiger partial charge in [0, 0.05) is 13.0 Å². The molecule has 1 fully saturated rings. The summed E-state index contributed by atoms with van der Waals surface area (Å²) in [6, 6.07) is 0. The molecule has 0 aromatic carbocycles. The SMILES string of the molecule is Cn1cnc(Cl)c1C1CC1C(=O)O. The second kappa shape index (κ2) is 2.73. The Morgan fingerprint density at radius 3 is 2.92 bits per heavy atom. The summed E-state index contributed by atoms with van der Waals surface area (Å²) in [6.07, 6.45) is 2.28. The Morgan fingerprint density at radius 2 is 2.54 bits per heavy atom. The van der Waals surface area contributed by atoms with Crippen LogP contribution in [0.2, 0.25) is 5.15 Å². The predicted octanol–water partition coefficient (Wildman–Crippen LogP) is 1.26. The van der Waals surface area contributed by atoms with E-state index < -0.39 is 5.97 Å². The van der Waals surface area contributed by atoms with Gasteiger partial charge in [0.25, 0.3) is 0 Å². The van der Waals surface area contributed by atoms with Crippen LogP contribution in [-0.2, 0) is 11.8 Å². The lowest BCUT2D eigenvalue weighted by molar-refractivity contribution is -0.138. The largest absolute Gasteiger partial charge is 0.481 e. The number of imidazole rings is 1. The maximum Gasteiger partial charge on any atom is 0.307 e. The number of aryl methyl sites for hydroxylation is 1. The fourth-order valence-corrected chi connectivity index (χ4v) is 1.91. The number of rotatable bonds is 2. The summed E-state index contributed by atoms with van der Waals surface area (Å²) in [4.78, 5) is 14.5. The molecule has 0 aliphatic heterocycles. The van der Waals surface area contributed by atoms with Gasteiger partial charge in [0.2, 0.25) is 0 Å². The molecule has 0 amide bonds. The van der Waals surface area contributed by atoms with Gasteiger partial charge in [0.05, 0.1) is 17.9 Å². The van der Waals surface area contributed by atoms with Crippen LogP contribution in [0.1, 0.15) is 18.0 Å². The third-order valence-electron chi connectivity index (χ3n) is 2.39. The maximum atomic E-state index is 10.6.